The average molecular weight is 207 g/mol. The maximum absolute atomic E-state index is 11.8. The van der Waals surface area contributed by atoms with Gasteiger partial charge in [0.25, 0.3) is 5.91 Å². The second-order valence-corrected chi connectivity index (χ2v) is 4.78. The zero-order valence-corrected chi connectivity index (χ0v) is 9.21. The number of amides is 2. The maximum atomic E-state index is 11.8. The van der Waals surface area contributed by atoms with E-state index in [-0.39, 0.29) is 17.4 Å². The SMILES string of the molecule is C=C(C)C(=O)N1C(=O)CC12CCCCC2. The van der Waals surface area contributed by atoms with Crippen LogP contribution in [-0.4, -0.2) is 22.3 Å². The Morgan fingerprint density at radius 1 is 1.33 bits per heavy atom. The maximum Gasteiger partial charge on any atom is 0.256 e. The molecule has 1 heterocycles. The summed E-state index contributed by atoms with van der Waals surface area (Å²) >= 11 is 0. The van der Waals surface area contributed by atoms with E-state index in [2.05, 4.69) is 6.58 Å². The van der Waals surface area contributed by atoms with E-state index in [0.29, 0.717) is 12.0 Å². The molecule has 0 bridgehead atoms. The Labute approximate surface area is 90.1 Å². The van der Waals surface area contributed by atoms with Crippen LogP contribution in [0.3, 0.4) is 0 Å². The molecule has 0 radical (unpaired) electrons. The number of hydrogen-bond donors (Lipinski definition) is 0. The number of nitrogens with zero attached hydrogens (tertiary/aromatic N) is 1. The summed E-state index contributed by atoms with van der Waals surface area (Å²) in [5.74, 6) is -0.196. The Hall–Kier alpha value is -1.12. The number of rotatable bonds is 1. The van der Waals surface area contributed by atoms with Gasteiger partial charge in [-0.3, -0.25) is 14.5 Å². The van der Waals surface area contributed by atoms with Gasteiger partial charge < -0.3 is 0 Å². The summed E-state index contributed by atoms with van der Waals surface area (Å²) in [6, 6.07) is 0. The number of carbonyl (C=O) groups excluding carboxylic acids is 2. The molecule has 3 heteroatoms. The highest BCUT2D eigenvalue weighted by atomic mass is 16.2. The molecular formula is C12H17NO2. The number of imide groups is 1. The largest absolute Gasteiger partial charge is 0.274 e. The molecule has 0 aromatic heterocycles. The minimum atomic E-state index is -0.173. The Bertz CT molecular complexity index is 327. The van der Waals surface area contributed by atoms with E-state index in [1.54, 1.807) is 6.92 Å². The first-order valence-corrected chi connectivity index (χ1v) is 5.60. The van der Waals surface area contributed by atoms with Crippen molar-refractivity contribution in [2.24, 2.45) is 0 Å². The summed E-state index contributed by atoms with van der Waals surface area (Å²) in [6.07, 6.45) is 6.02. The first kappa shape index (κ1) is 10.4. The lowest BCUT2D eigenvalue weighted by atomic mass is 9.72. The van der Waals surface area contributed by atoms with Crippen molar-refractivity contribution in [3.63, 3.8) is 0 Å². The molecule has 2 rings (SSSR count). The Morgan fingerprint density at radius 3 is 2.40 bits per heavy atom. The van der Waals surface area contributed by atoms with Gasteiger partial charge >= 0.3 is 0 Å². The molecule has 0 aromatic rings. The van der Waals surface area contributed by atoms with Crippen molar-refractivity contribution in [3.8, 4) is 0 Å². The van der Waals surface area contributed by atoms with Gasteiger partial charge in [-0.25, -0.2) is 0 Å². The van der Waals surface area contributed by atoms with E-state index < -0.39 is 0 Å². The van der Waals surface area contributed by atoms with E-state index in [9.17, 15) is 9.59 Å². The van der Waals surface area contributed by atoms with Crippen LogP contribution in [0.15, 0.2) is 12.2 Å². The molecule has 1 aliphatic heterocycles. The molecule has 2 aliphatic rings. The molecule has 2 fully saturated rings. The van der Waals surface area contributed by atoms with Gasteiger partial charge in [-0.2, -0.15) is 0 Å². The highest BCUT2D eigenvalue weighted by Gasteiger charge is 2.53. The van der Waals surface area contributed by atoms with Crippen molar-refractivity contribution in [2.45, 2.75) is 51.0 Å². The third kappa shape index (κ3) is 1.50. The van der Waals surface area contributed by atoms with Crippen LogP contribution in [0.2, 0.25) is 0 Å². The van der Waals surface area contributed by atoms with Crippen molar-refractivity contribution in [3.05, 3.63) is 12.2 Å². The summed E-state index contributed by atoms with van der Waals surface area (Å²) in [5.41, 5.74) is 0.332. The van der Waals surface area contributed by atoms with Crippen molar-refractivity contribution in [2.75, 3.05) is 0 Å². The summed E-state index contributed by atoms with van der Waals surface area (Å²) in [6.45, 7) is 5.30. The van der Waals surface area contributed by atoms with Crippen LogP contribution >= 0.6 is 0 Å². The Morgan fingerprint density at radius 2 is 1.93 bits per heavy atom. The molecule has 1 saturated heterocycles. The second kappa shape index (κ2) is 3.47. The van der Waals surface area contributed by atoms with E-state index in [0.717, 1.165) is 25.7 Å². The van der Waals surface area contributed by atoms with Crippen molar-refractivity contribution >= 4 is 11.8 Å². The van der Waals surface area contributed by atoms with E-state index in [4.69, 9.17) is 0 Å². The zero-order chi connectivity index (χ0) is 11.1. The molecule has 2 amide bonds. The quantitative estimate of drug-likeness (QED) is 0.487. The standard InChI is InChI=1S/C12H17NO2/c1-9(2)11(15)13-10(14)8-12(13)6-4-3-5-7-12/h1,3-8H2,2H3. The molecule has 0 atom stereocenters. The molecular weight excluding hydrogens is 190 g/mol. The molecule has 15 heavy (non-hydrogen) atoms. The van der Waals surface area contributed by atoms with Gasteiger partial charge in [-0.1, -0.05) is 25.8 Å². The van der Waals surface area contributed by atoms with Crippen LogP contribution in [0.5, 0.6) is 0 Å². The van der Waals surface area contributed by atoms with E-state index >= 15 is 0 Å². The Kier molecular flexibility index (Phi) is 2.41. The van der Waals surface area contributed by atoms with Crippen LogP contribution in [-0.2, 0) is 9.59 Å². The zero-order valence-electron chi connectivity index (χ0n) is 9.21. The third-order valence-electron chi connectivity index (χ3n) is 3.56. The molecule has 82 valence electrons. The predicted molar refractivity (Wildman–Crippen MR) is 57.1 cm³/mol. The smallest absolute Gasteiger partial charge is 0.256 e. The summed E-state index contributed by atoms with van der Waals surface area (Å²) in [4.78, 5) is 24.8. The molecule has 3 nitrogen and oxygen atoms in total. The number of carbonyl (C=O) groups is 2. The van der Waals surface area contributed by atoms with Gasteiger partial charge in [0.15, 0.2) is 0 Å². The number of β-lactam (4-membered cyclic amide) rings is 1. The fourth-order valence-corrected chi connectivity index (χ4v) is 2.74. The van der Waals surface area contributed by atoms with Gasteiger partial charge in [-0.05, 0) is 19.8 Å². The van der Waals surface area contributed by atoms with Gasteiger partial charge in [0.2, 0.25) is 5.91 Å². The van der Waals surface area contributed by atoms with Gasteiger partial charge in [0.05, 0.1) is 12.0 Å². The van der Waals surface area contributed by atoms with Crippen LogP contribution in [0.4, 0.5) is 0 Å². The predicted octanol–water partition coefficient (Wildman–Crippen LogP) is 2.02. The molecule has 0 unspecified atom stereocenters. The topological polar surface area (TPSA) is 37.4 Å². The van der Waals surface area contributed by atoms with Crippen LogP contribution in [0, 0.1) is 0 Å². The minimum Gasteiger partial charge on any atom is -0.274 e. The van der Waals surface area contributed by atoms with Gasteiger partial charge in [0.1, 0.15) is 0 Å². The Balaban J connectivity index is 2.18. The summed E-state index contributed by atoms with van der Waals surface area (Å²) < 4.78 is 0. The summed E-state index contributed by atoms with van der Waals surface area (Å²) in [5, 5.41) is 0. The molecule has 0 N–H and O–H groups in total. The van der Waals surface area contributed by atoms with E-state index in [1.807, 2.05) is 0 Å². The summed E-state index contributed by atoms with van der Waals surface area (Å²) in [7, 11) is 0. The normalized spacial score (nSPS) is 23.8. The van der Waals surface area contributed by atoms with E-state index in [1.165, 1.54) is 11.3 Å². The highest BCUT2D eigenvalue weighted by molar-refractivity contribution is 6.08. The lowest BCUT2D eigenvalue weighted by Crippen LogP contribution is -2.66. The van der Waals surface area contributed by atoms with Crippen LogP contribution in [0.1, 0.15) is 45.4 Å². The van der Waals surface area contributed by atoms with Crippen molar-refractivity contribution in [1.29, 1.82) is 0 Å². The third-order valence-corrected chi connectivity index (χ3v) is 3.56. The fourth-order valence-electron chi connectivity index (χ4n) is 2.74. The van der Waals surface area contributed by atoms with Crippen LogP contribution in [0.25, 0.3) is 0 Å². The number of hydrogen-bond acceptors (Lipinski definition) is 2. The minimum absolute atomic E-state index is 0.0232. The fraction of sp³-hybridized carbons (Fsp3) is 0.667. The lowest BCUT2D eigenvalue weighted by molar-refractivity contribution is -0.168. The van der Waals surface area contributed by atoms with Crippen molar-refractivity contribution < 1.29 is 9.59 Å². The second-order valence-electron chi connectivity index (χ2n) is 4.78. The van der Waals surface area contributed by atoms with Crippen LogP contribution < -0.4 is 0 Å². The molecule has 1 saturated carbocycles. The highest BCUT2D eigenvalue weighted by Crippen LogP contribution is 2.44. The van der Waals surface area contributed by atoms with Crippen molar-refractivity contribution in [1.82, 2.24) is 4.90 Å². The van der Waals surface area contributed by atoms with Gasteiger partial charge in [-0.15, -0.1) is 0 Å². The average Bonchev–Trinajstić information content (AvgIpc) is 2.18. The number of likely N-dealkylation sites (tertiary alicyclic amines) is 1. The lowest BCUT2D eigenvalue weighted by Gasteiger charge is -2.52. The first-order valence-electron chi connectivity index (χ1n) is 5.60. The first-order chi connectivity index (χ1) is 7.07. The molecule has 1 aliphatic carbocycles. The molecule has 1 spiro atoms. The molecule has 0 aromatic carbocycles. The van der Waals surface area contributed by atoms with Gasteiger partial charge in [0, 0.05) is 5.57 Å². The monoisotopic (exact) mass is 207 g/mol.